The van der Waals surface area contributed by atoms with Crippen molar-refractivity contribution in [3.05, 3.63) is 95.6 Å². The summed E-state index contributed by atoms with van der Waals surface area (Å²) in [6.07, 6.45) is 1.07. The molecule has 0 aliphatic carbocycles. The largest absolute Gasteiger partial charge is 0.337 e. The Morgan fingerprint density at radius 3 is 2.32 bits per heavy atom. The Kier molecular flexibility index (Phi) is 7.07. The quantitative estimate of drug-likeness (QED) is 0.570. The van der Waals surface area contributed by atoms with Crippen LogP contribution in [0.4, 0.5) is 11.4 Å². The van der Waals surface area contributed by atoms with Gasteiger partial charge in [-0.05, 0) is 41.8 Å². The molecule has 1 saturated heterocycles. The summed E-state index contributed by atoms with van der Waals surface area (Å²) in [5.74, 6) is -0.994. The van der Waals surface area contributed by atoms with E-state index in [-0.39, 0.29) is 24.1 Å². The normalized spacial score (nSPS) is 15.3. The second-order valence-electron chi connectivity index (χ2n) is 8.61. The van der Waals surface area contributed by atoms with Gasteiger partial charge in [-0.3, -0.25) is 14.4 Å². The topological polar surface area (TPSA) is 69.7 Å². The van der Waals surface area contributed by atoms with Crippen molar-refractivity contribution in [1.29, 1.82) is 0 Å². The molecule has 0 spiro atoms. The Balaban J connectivity index is 1.44. The van der Waals surface area contributed by atoms with Gasteiger partial charge in [0.25, 0.3) is 5.91 Å². The van der Waals surface area contributed by atoms with Gasteiger partial charge < -0.3 is 15.1 Å². The Labute approximate surface area is 200 Å². The molecule has 0 bridgehead atoms. The number of nitrogens with one attached hydrogen (secondary N) is 1. The number of carbonyl (C=O) groups is 3. The SMILES string of the molecule is CCc1ccc(N2CC(C(=O)Nc3ccccc3C(=O)N(C)Cc3ccccc3)CC2=O)cc1. The first-order valence-corrected chi connectivity index (χ1v) is 11.5. The van der Waals surface area contributed by atoms with Gasteiger partial charge in [0.1, 0.15) is 0 Å². The number of anilines is 2. The van der Waals surface area contributed by atoms with Crippen molar-refractivity contribution in [2.24, 2.45) is 5.92 Å². The first-order valence-electron chi connectivity index (χ1n) is 11.5. The number of rotatable bonds is 7. The maximum atomic E-state index is 13.1. The van der Waals surface area contributed by atoms with Gasteiger partial charge in [-0.1, -0.05) is 61.5 Å². The van der Waals surface area contributed by atoms with Crippen molar-refractivity contribution in [2.75, 3.05) is 23.8 Å². The fraction of sp³-hybridized carbons (Fsp3) is 0.250. The van der Waals surface area contributed by atoms with Crippen LogP contribution in [0.15, 0.2) is 78.9 Å². The smallest absolute Gasteiger partial charge is 0.256 e. The molecule has 34 heavy (non-hydrogen) atoms. The number of carbonyl (C=O) groups excluding carboxylic acids is 3. The van der Waals surface area contributed by atoms with Crippen LogP contribution in [-0.4, -0.2) is 36.2 Å². The van der Waals surface area contributed by atoms with Crippen LogP contribution in [0, 0.1) is 5.92 Å². The molecule has 6 nitrogen and oxygen atoms in total. The van der Waals surface area contributed by atoms with E-state index in [1.165, 1.54) is 5.56 Å². The van der Waals surface area contributed by atoms with Crippen LogP contribution in [0.5, 0.6) is 0 Å². The molecular formula is C28H29N3O3. The van der Waals surface area contributed by atoms with E-state index in [9.17, 15) is 14.4 Å². The summed E-state index contributed by atoms with van der Waals surface area (Å²) < 4.78 is 0. The number of hydrogen-bond donors (Lipinski definition) is 1. The average Bonchev–Trinajstić information content (AvgIpc) is 3.26. The van der Waals surface area contributed by atoms with Crippen molar-refractivity contribution in [2.45, 2.75) is 26.3 Å². The second-order valence-corrected chi connectivity index (χ2v) is 8.61. The minimum Gasteiger partial charge on any atom is -0.337 e. The molecule has 3 amide bonds. The Morgan fingerprint density at radius 2 is 1.62 bits per heavy atom. The first kappa shape index (κ1) is 23.2. The van der Waals surface area contributed by atoms with Crippen molar-refractivity contribution in [3.8, 4) is 0 Å². The zero-order chi connectivity index (χ0) is 24.1. The average molecular weight is 456 g/mol. The fourth-order valence-corrected chi connectivity index (χ4v) is 4.19. The summed E-state index contributed by atoms with van der Waals surface area (Å²) in [7, 11) is 1.74. The molecule has 1 aliphatic rings. The van der Waals surface area contributed by atoms with E-state index in [1.54, 1.807) is 41.1 Å². The minimum absolute atomic E-state index is 0.0728. The lowest BCUT2D eigenvalue weighted by Gasteiger charge is -2.20. The van der Waals surface area contributed by atoms with Crippen molar-refractivity contribution in [1.82, 2.24) is 4.90 Å². The van der Waals surface area contributed by atoms with Gasteiger partial charge in [0, 0.05) is 32.2 Å². The third-order valence-corrected chi connectivity index (χ3v) is 6.18. The highest BCUT2D eigenvalue weighted by molar-refractivity contribution is 6.07. The first-order chi connectivity index (χ1) is 16.5. The van der Waals surface area contributed by atoms with E-state index >= 15 is 0 Å². The molecular weight excluding hydrogens is 426 g/mol. The molecule has 1 unspecified atom stereocenters. The highest BCUT2D eigenvalue weighted by Crippen LogP contribution is 2.27. The van der Waals surface area contributed by atoms with Gasteiger partial charge in [-0.25, -0.2) is 0 Å². The van der Waals surface area contributed by atoms with E-state index in [4.69, 9.17) is 0 Å². The molecule has 1 fully saturated rings. The fourth-order valence-electron chi connectivity index (χ4n) is 4.19. The standard InChI is InChI=1S/C28H29N3O3/c1-3-20-13-15-23(16-14-20)31-19-22(17-26(31)32)27(33)29-25-12-8-7-11-24(25)28(34)30(2)18-21-9-5-4-6-10-21/h4-16,22H,3,17-19H2,1-2H3,(H,29,33). The summed E-state index contributed by atoms with van der Waals surface area (Å²) in [4.78, 5) is 42.1. The van der Waals surface area contributed by atoms with Gasteiger partial charge in [0.2, 0.25) is 11.8 Å². The zero-order valence-corrected chi connectivity index (χ0v) is 19.5. The highest BCUT2D eigenvalue weighted by Gasteiger charge is 2.35. The molecule has 1 heterocycles. The summed E-state index contributed by atoms with van der Waals surface area (Å²) in [6, 6.07) is 24.6. The van der Waals surface area contributed by atoms with E-state index in [0.717, 1.165) is 17.7 Å². The molecule has 174 valence electrons. The number of amides is 3. The molecule has 1 N–H and O–H groups in total. The molecule has 6 heteroatoms. The Bertz CT molecular complexity index is 1180. The molecule has 1 aliphatic heterocycles. The maximum Gasteiger partial charge on any atom is 0.256 e. The molecule has 0 radical (unpaired) electrons. The van der Waals surface area contributed by atoms with Crippen LogP contribution in [0.2, 0.25) is 0 Å². The van der Waals surface area contributed by atoms with E-state index in [0.29, 0.717) is 24.3 Å². The molecule has 0 aromatic heterocycles. The maximum absolute atomic E-state index is 13.1. The van der Waals surface area contributed by atoms with Gasteiger partial charge in [-0.2, -0.15) is 0 Å². The van der Waals surface area contributed by atoms with Crippen LogP contribution in [0.25, 0.3) is 0 Å². The predicted octanol–water partition coefficient (Wildman–Crippen LogP) is 4.51. The molecule has 3 aromatic rings. The summed E-state index contributed by atoms with van der Waals surface area (Å²) in [5, 5.41) is 2.90. The second kappa shape index (κ2) is 10.3. The van der Waals surface area contributed by atoms with Crippen molar-refractivity contribution < 1.29 is 14.4 Å². The Hall–Kier alpha value is -3.93. The molecule has 4 rings (SSSR count). The van der Waals surface area contributed by atoms with Crippen LogP contribution in [0.1, 0.15) is 34.8 Å². The number of aryl methyl sites for hydroxylation is 1. The summed E-state index contributed by atoms with van der Waals surface area (Å²) >= 11 is 0. The van der Waals surface area contributed by atoms with E-state index < -0.39 is 5.92 Å². The van der Waals surface area contributed by atoms with Crippen LogP contribution in [-0.2, 0) is 22.6 Å². The number of para-hydroxylation sites is 1. The van der Waals surface area contributed by atoms with E-state index in [2.05, 4.69) is 12.2 Å². The number of benzene rings is 3. The van der Waals surface area contributed by atoms with Gasteiger partial charge in [0.15, 0.2) is 0 Å². The Morgan fingerprint density at radius 1 is 0.941 bits per heavy atom. The number of nitrogens with zero attached hydrogens (tertiary/aromatic N) is 2. The third-order valence-electron chi connectivity index (χ3n) is 6.18. The summed E-state index contributed by atoms with van der Waals surface area (Å²) in [6.45, 7) is 2.86. The third kappa shape index (κ3) is 5.17. The van der Waals surface area contributed by atoms with Crippen LogP contribution < -0.4 is 10.2 Å². The van der Waals surface area contributed by atoms with Crippen molar-refractivity contribution in [3.63, 3.8) is 0 Å². The van der Waals surface area contributed by atoms with Gasteiger partial charge in [-0.15, -0.1) is 0 Å². The van der Waals surface area contributed by atoms with Gasteiger partial charge >= 0.3 is 0 Å². The molecule has 1 atom stereocenters. The molecule has 3 aromatic carbocycles. The lowest BCUT2D eigenvalue weighted by Crippen LogP contribution is -2.30. The van der Waals surface area contributed by atoms with Crippen LogP contribution >= 0.6 is 0 Å². The van der Waals surface area contributed by atoms with Gasteiger partial charge in [0.05, 0.1) is 17.2 Å². The lowest BCUT2D eigenvalue weighted by molar-refractivity contribution is -0.122. The predicted molar refractivity (Wildman–Crippen MR) is 134 cm³/mol. The molecule has 0 saturated carbocycles. The summed E-state index contributed by atoms with van der Waals surface area (Å²) in [5.41, 5.74) is 3.90. The monoisotopic (exact) mass is 455 g/mol. The number of hydrogen-bond acceptors (Lipinski definition) is 3. The van der Waals surface area contributed by atoms with Crippen molar-refractivity contribution >= 4 is 29.1 Å². The van der Waals surface area contributed by atoms with Crippen LogP contribution in [0.3, 0.4) is 0 Å². The highest BCUT2D eigenvalue weighted by atomic mass is 16.2. The minimum atomic E-state index is -0.483. The lowest BCUT2D eigenvalue weighted by atomic mass is 10.1. The van der Waals surface area contributed by atoms with E-state index in [1.807, 2.05) is 54.6 Å². The zero-order valence-electron chi connectivity index (χ0n) is 19.5.